The summed E-state index contributed by atoms with van der Waals surface area (Å²) in [6.45, 7) is 5.80. The normalized spacial score (nSPS) is 10.7. The van der Waals surface area contributed by atoms with E-state index in [4.69, 9.17) is 4.74 Å². The van der Waals surface area contributed by atoms with Crippen molar-refractivity contribution in [3.8, 4) is 5.75 Å². The Morgan fingerprint density at radius 2 is 1.78 bits per heavy atom. The summed E-state index contributed by atoms with van der Waals surface area (Å²) in [6, 6.07) is 9.53. The number of rotatable bonds is 6. The maximum atomic E-state index is 12.1. The highest BCUT2D eigenvalue weighted by Gasteiger charge is 2.09. The number of hydrogen-bond donors (Lipinski definition) is 2. The minimum Gasteiger partial charge on any atom is -0.496 e. The molecule has 2 aromatic rings. The number of carbonyl (C=O) groups excluding carboxylic acids is 2. The monoisotopic (exact) mass is 430 g/mol. The Kier molecular flexibility index (Phi) is 7.19. The van der Waals surface area contributed by atoms with Crippen LogP contribution in [0.4, 0.5) is 5.69 Å². The van der Waals surface area contributed by atoms with Crippen LogP contribution in [-0.2, 0) is 9.59 Å². The van der Waals surface area contributed by atoms with Gasteiger partial charge in [-0.2, -0.15) is 0 Å². The Morgan fingerprint density at radius 1 is 1.11 bits per heavy atom. The molecule has 0 saturated heterocycles. The van der Waals surface area contributed by atoms with Gasteiger partial charge in [-0.15, -0.1) is 0 Å². The fourth-order valence-corrected chi connectivity index (χ4v) is 3.17. The third-order valence-electron chi connectivity index (χ3n) is 3.97. The van der Waals surface area contributed by atoms with E-state index in [0.29, 0.717) is 5.75 Å². The molecule has 0 spiro atoms. The molecule has 5 nitrogen and oxygen atoms in total. The van der Waals surface area contributed by atoms with Crippen molar-refractivity contribution in [2.75, 3.05) is 19.0 Å². The number of benzene rings is 2. The zero-order valence-corrected chi connectivity index (χ0v) is 17.4. The minimum absolute atomic E-state index is 0.106. The Labute approximate surface area is 167 Å². The van der Waals surface area contributed by atoms with Crippen LogP contribution >= 0.6 is 15.9 Å². The fraction of sp³-hybridized carbons (Fsp3) is 0.238. The molecule has 0 saturated carbocycles. The number of carbonyl (C=O) groups is 2. The molecule has 2 amide bonds. The highest BCUT2D eigenvalue weighted by molar-refractivity contribution is 9.10. The van der Waals surface area contributed by atoms with Gasteiger partial charge < -0.3 is 15.4 Å². The lowest BCUT2D eigenvalue weighted by Gasteiger charge is -2.13. The van der Waals surface area contributed by atoms with Crippen LogP contribution in [0.5, 0.6) is 5.75 Å². The van der Waals surface area contributed by atoms with Crippen LogP contribution in [0.25, 0.3) is 6.08 Å². The van der Waals surface area contributed by atoms with Crippen molar-refractivity contribution in [2.24, 2.45) is 0 Å². The highest BCUT2D eigenvalue weighted by Crippen LogP contribution is 2.24. The first-order chi connectivity index (χ1) is 12.8. The van der Waals surface area contributed by atoms with E-state index in [-0.39, 0.29) is 18.4 Å². The molecule has 0 aliphatic rings. The van der Waals surface area contributed by atoms with E-state index < -0.39 is 0 Å². The number of aryl methyl sites for hydroxylation is 3. The smallest absolute Gasteiger partial charge is 0.244 e. The fourth-order valence-electron chi connectivity index (χ4n) is 2.79. The summed E-state index contributed by atoms with van der Waals surface area (Å²) in [7, 11) is 1.57. The Hall–Kier alpha value is -2.60. The molecule has 0 fully saturated rings. The average molecular weight is 431 g/mol. The summed E-state index contributed by atoms with van der Waals surface area (Å²) in [5, 5.41) is 5.44. The summed E-state index contributed by atoms with van der Waals surface area (Å²) in [5.41, 5.74) is 4.68. The first kappa shape index (κ1) is 20.7. The summed E-state index contributed by atoms with van der Waals surface area (Å²) in [5.74, 6) is 0.0293. The summed E-state index contributed by atoms with van der Waals surface area (Å²) >= 11 is 3.39. The van der Waals surface area contributed by atoms with Crippen LogP contribution in [0, 0.1) is 20.8 Å². The van der Waals surface area contributed by atoms with Crippen LogP contribution in [0.15, 0.2) is 40.9 Å². The molecule has 2 rings (SSSR count). The first-order valence-corrected chi connectivity index (χ1v) is 9.26. The second-order valence-corrected chi connectivity index (χ2v) is 7.17. The number of ether oxygens (including phenoxy) is 1. The van der Waals surface area contributed by atoms with E-state index in [1.54, 1.807) is 19.3 Å². The van der Waals surface area contributed by atoms with Gasteiger partial charge in [-0.05, 0) is 56.2 Å². The van der Waals surface area contributed by atoms with Gasteiger partial charge in [0.25, 0.3) is 0 Å². The summed E-state index contributed by atoms with van der Waals surface area (Å²) < 4.78 is 6.14. The lowest BCUT2D eigenvalue weighted by molar-refractivity contribution is -0.121. The van der Waals surface area contributed by atoms with Gasteiger partial charge in [0.15, 0.2) is 0 Å². The highest BCUT2D eigenvalue weighted by atomic mass is 79.9. The predicted molar refractivity (Wildman–Crippen MR) is 112 cm³/mol. The second kappa shape index (κ2) is 9.37. The zero-order chi connectivity index (χ0) is 20.0. The third kappa shape index (κ3) is 5.96. The SMILES string of the molecule is COc1ccc(Br)cc1/C=C/C(=O)NCC(=O)Nc1c(C)cc(C)cc1C. The molecule has 142 valence electrons. The molecule has 0 heterocycles. The van der Waals surface area contributed by atoms with Gasteiger partial charge in [0.05, 0.1) is 13.7 Å². The standard InChI is InChI=1S/C21H23BrN2O3/c1-13-9-14(2)21(15(3)10-13)24-20(26)12-23-19(25)8-5-16-11-17(22)6-7-18(16)27-4/h5-11H,12H2,1-4H3,(H,23,25)(H,24,26)/b8-5+. The predicted octanol–water partition coefficient (Wildman–Crippen LogP) is 4.15. The van der Waals surface area contributed by atoms with E-state index in [0.717, 1.165) is 32.4 Å². The maximum Gasteiger partial charge on any atom is 0.244 e. The van der Waals surface area contributed by atoms with Gasteiger partial charge in [-0.1, -0.05) is 33.6 Å². The number of methoxy groups -OCH3 is 1. The number of anilines is 1. The molecular weight excluding hydrogens is 408 g/mol. The molecule has 0 unspecified atom stereocenters. The molecule has 0 aromatic heterocycles. The van der Waals surface area contributed by atoms with E-state index in [2.05, 4.69) is 26.6 Å². The topological polar surface area (TPSA) is 67.4 Å². The van der Waals surface area contributed by atoms with Crippen LogP contribution in [0.3, 0.4) is 0 Å². The quantitative estimate of drug-likeness (QED) is 0.676. The molecule has 0 bridgehead atoms. The Morgan fingerprint density at radius 3 is 2.41 bits per heavy atom. The largest absolute Gasteiger partial charge is 0.496 e. The second-order valence-electron chi connectivity index (χ2n) is 6.26. The number of nitrogens with one attached hydrogen (secondary N) is 2. The van der Waals surface area contributed by atoms with Gasteiger partial charge in [0.2, 0.25) is 11.8 Å². The third-order valence-corrected chi connectivity index (χ3v) is 4.46. The van der Waals surface area contributed by atoms with Crippen LogP contribution in [-0.4, -0.2) is 25.5 Å². The van der Waals surface area contributed by atoms with Gasteiger partial charge in [0.1, 0.15) is 5.75 Å². The van der Waals surface area contributed by atoms with Gasteiger partial charge in [-0.3, -0.25) is 9.59 Å². The van der Waals surface area contributed by atoms with Crippen molar-refractivity contribution in [3.05, 3.63) is 63.1 Å². The van der Waals surface area contributed by atoms with E-state index in [9.17, 15) is 9.59 Å². The number of amides is 2. The average Bonchev–Trinajstić information content (AvgIpc) is 2.61. The van der Waals surface area contributed by atoms with Crippen molar-refractivity contribution < 1.29 is 14.3 Å². The molecule has 0 radical (unpaired) electrons. The van der Waals surface area contributed by atoms with Crippen molar-refractivity contribution in [1.82, 2.24) is 5.32 Å². The molecule has 0 atom stereocenters. The first-order valence-electron chi connectivity index (χ1n) is 8.47. The van der Waals surface area contributed by atoms with Gasteiger partial charge in [-0.25, -0.2) is 0 Å². The van der Waals surface area contributed by atoms with Crippen LogP contribution in [0.1, 0.15) is 22.3 Å². The molecule has 2 N–H and O–H groups in total. The van der Waals surface area contributed by atoms with E-state index >= 15 is 0 Å². The molecular formula is C21H23BrN2O3. The van der Waals surface area contributed by atoms with Crippen LogP contribution < -0.4 is 15.4 Å². The molecule has 6 heteroatoms. The summed E-state index contributed by atoms with van der Waals surface area (Å²) in [6.07, 6.45) is 3.02. The number of halogens is 1. The van der Waals surface area contributed by atoms with Gasteiger partial charge in [0, 0.05) is 21.8 Å². The van der Waals surface area contributed by atoms with Crippen molar-refractivity contribution in [2.45, 2.75) is 20.8 Å². The van der Waals surface area contributed by atoms with Crippen molar-refractivity contribution in [1.29, 1.82) is 0 Å². The minimum atomic E-state index is -0.357. The summed E-state index contributed by atoms with van der Waals surface area (Å²) in [4.78, 5) is 24.2. The lowest BCUT2D eigenvalue weighted by atomic mass is 10.1. The van der Waals surface area contributed by atoms with E-state index in [1.807, 2.05) is 45.0 Å². The molecule has 2 aromatic carbocycles. The zero-order valence-electron chi connectivity index (χ0n) is 15.9. The van der Waals surface area contributed by atoms with Crippen LogP contribution in [0.2, 0.25) is 0 Å². The molecule has 27 heavy (non-hydrogen) atoms. The van der Waals surface area contributed by atoms with Gasteiger partial charge >= 0.3 is 0 Å². The lowest BCUT2D eigenvalue weighted by Crippen LogP contribution is -2.32. The Bertz CT molecular complexity index is 868. The van der Waals surface area contributed by atoms with Crippen molar-refractivity contribution >= 4 is 39.5 Å². The van der Waals surface area contributed by atoms with E-state index in [1.165, 1.54) is 6.08 Å². The molecule has 0 aliphatic heterocycles. The van der Waals surface area contributed by atoms with Crippen molar-refractivity contribution in [3.63, 3.8) is 0 Å². The number of hydrogen-bond acceptors (Lipinski definition) is 3. The maximum absolute atomic E-state index is 12.1. The molecule has 0 aliphatic carbocycles. The Balaban J connectivity index is 1.94.